The first-order valence-electron chi connectivity index (χ1n) is 6.23. The van der Waals surface area contributed by atoms with Crippen LogP contribution in [0.2, 0.25) is 0 Å². The molecule has 1 atom stereocenters. The molecule has 0 aromatic carbocycles. The molecule has 1 saturated heterocycles. The first-order chi connectivity index (χ1) is 7.49. The van der Waals surface area contributed by atoms with E-state index in [2.05, 4.69) is 17.1 Å². The quantitative estimate of drug-likeness (QED) is 0.825. The van der Waals surface area contributed by atoms with Gasteiger partial charge in [0, 0.05) is 19.1 Å². The summed E-state index contributed by atoms with van der Waals surface area (Å²) in [5.74, 6) is 0.0814. The molecule has 1 aliphatic heterocycles. The molecule has 1 amide bonds. The van der Waals surface area contributed by atoms with Crippen LogP contribution in [0.3, 0.4) is 0 Å². The first kappa shape index (κ1) is 20.3. The zero-order valence-electron chi connectivity index (χ0n) is 11.6. The van der Waals surface area contributed by atoms with Crippen molar-refractivity contribution in [1.29, 1.82) is 0 Å². The number of amides is 1. The summed E-state index contributed by atoms with van der Waals surface area (Å²) in [5.41, 5.74) is 5.14. The van der Waals surface area contributed by atoms with Gasteiger partial charge in [0.25, 0.3) is 0 Å². The Morgan fingerprint density at radius 2 is 2.06 bits per heavy atom. The van der Waals surface area contributed by atoms with Crippen molar-refractivity contribution < 1.29 is 4.79 Å². The van der Waals surface area contributed by atoms with Crippen molar-refractivity contribution in [2.45, 2.75) is 39.7 Å². The van der Waals surface area contributed by atoms with Gasteiger partial charge in [0.15, 0.2) is 0 Å². The van der Waals surface area contributed by atoms with E-state index >= 15 is 0 Å². The van der Waals surface area contributed by atoms with E-state index in [1.165, 1.54) is 6.42 Å². The van der Waals surface area contributed by atoms with E-state index in [1.54, 1.807) is 0 Å². The monoisotopic (exact) mass is 299 g/mol. The summed E-state index contributed by atoms with van der Waals surface area (Å²) in [6.07, 6.45) is 2.25. The molecule has 0 saturated carbocycles. The van der Waals surface area contributed by atoms with Gasteiger partial charge in [-0.25, -0.2) is 0 Å². The minimum Gasteiger partial charge on any atom is -0.352 e. The normalized spacial score (nSPS) is 20.6. The third kappa shape index (κ3) is 5.74. The second kappa shape index (κ2) is 8.97. The van der Waals surface area contributed by atoms with Crippen LogP contribution in [0.1, 0.15) is 33.6 Å². The van der Waals surface area contributed by atoms with Crippen molar-refractivity contribution in [3.63, 3.8) is 0 Å². The Labute approximate surface area is 123 Å². The van der Waals surface area contributed by atoms with Gasteiger partial charge in [0.05, 0.1) is 5.41 Å². The van der Waals surface area contributed by atoms with Crippen LogP contribution in [0.4, 0.5) is 0 Å². The Hall–Kier alpha value is -0.0300. The van der Waals surface area contributed by atoms with Crippen LogP contribution in [0.25, 0.3) is 0 Å². The molecule has 1 heterocycles. The molecule has 1 aliphatic rings. The maximum absolute atomic E-state index is 11.9. The standard InChI is InChI=1S/C12H25N3O.2ClH/c1-4-15-7-5-6-10(8-15)14-11(16)12(2,3)9-13;;/h10H,4-9,13H2,1-3H3,(H,14,16);2*1H. The van der Waals surface area contributed by atoms with Gasteiger partial charge in [-0.15, -0.1) is 24.8 Å². The fraction of sp³-hybridized carbons (Fsp3) is 0.917. The maximum Gasteiger partial charge on any atom is 0.227 e. The largest absolute Gasteiger partial charge is 0.352 e. The molecule has 0 aliphatic carbocycles. The second-order valence-electron chi connectivity index (χ2n) is 5.29. The van der Waals surface area contributed by atoms with E-state index in [1.807, 2.05) is 13.8 Å². The number of hydrogen-bond acceptors (Lipinski definition) is 3. The molecular formula is C12H27Cl2N3O. The van der Waals surface area contributed by atoms with E-state index < -0.39 is 5.41 Å². The summed E-state index contributed by atoms with van der Waals surface area (Å²) >= 11 is 0. The Morgan fingerprint density at radius 1 is 1.44 bits per heavy atom. The molecule has 0 aromatic rings. The molecule has 0 bridgehead atoms. The molecule has 0 spiro atoms. The molecule has 1 unspecified atom stereocenters. The maximum atomic E-state index is 11.9. The van der Waals surface area contributed by atoms with Gasteiger partial charge in [-0.1, -0.05) is 6.92 Å². The average molecular weight is 300 g/mol. The smallest absolute Gasteiger partial charge is 0.227 e. The van der Waals surface area contributed by atoms with Gasteiger partial charge in [-0.2, -0.15) is 0 Å². The van der Waals surface area contributed by atoms with Crippen LogP contribution in [-0.2, 0) is 4.79 Å². The summed E-state index contributed by atoms with van der Waals surface area (Å²) in [7, 11) is 0. The lowest BCUT2D eigenvalue weighted by atomic mass is 9.91. The third-order valence-electron chi connectivity index (χ3n) is 3.41. The molecule has 4 nitrogen and oxygen atoms in total. The number of halogens is 2. The molecule has 18 heavy (non-hydrogen) atoms. The van der Waals surface area contributed by atoms with E-state index in [0.29, 0.717) is 12.6 Å². The molecule has 0 aromatic heterocycles. The highest BCUT2D eigenvalue weighted by Crippen LogP contribution is 2.15. The van der Waals surface area contributed by atoms with Crippen molar-refractivity contribution in [1.82, 2.24) is 10.2 Å². The van der Waals surface area contributed by atoms with Crippen LogP contribution in [-0.4, -0.2) is 43.0 Å². The molecule has 6 heteroatoms. The van der Waals surface area contributed by atoms with E-state index in [9.17, 15) is 4.79 Å². The number of nitrogens with two attached hydrogens (primary N) is 1. The van der Waals surface area contributed by atoms with Gasteiger partial charge < -0.3 is 16.0 Å². The highest BCUT2D eigenvalue weighted by atomic mass is 35.5. The minimum atomic E-state index is -0.450. The van der Waals surface area contributed by atoms with E-state index in [-0.39, 0.29) is 30.7 Å². The lowest BCUT2D eigenvalue weighted by Gasteiger charge is -2.34. The van der Waals surface area contributed by atoms with Crippen LogP contribution in [0.5, 0.6) is 0 Å². The predicted molar refractivity (Wildman–Crippen MR) is 80.6 cm³/mol. The van der Waals surface area contributed by atoms with Crippen molar-refractivity contribution in [3.8, 4) is 0 Å². The number of likely N-dealkylation sites (N-methyl/N-ethyl adjacent to an activating group) is 1. The number of hydrogen-bond donors (Lipinski definition) is 2. The van der Waals surface area contributed by atoms with Crippen LogP contribution < -0.4 is 11.1 Å². The van der Waals surface area contributed by atoms with Gasteiger partial charge >= 0.3 is 0 Å². The molecule has 0 radical (unpaired) electrons. The van der Waals surface area contributed by atoms with E-state index in [0.717, 1.165) is 26.1 Å². The number of carbonyl (C=O) groups is 1. The van der Waals surface area contributed by atoms with Crippen molar-refractivity contribution in [2.24, 2.45) is 11.1 Å². The SMILES string of the molecule is CCN1CCCC(NC(=O)C(C)(C)CN)C1.Cl.Cl. The van der Waals surface area contributed by atoms with Crippen LogP contribution in [0, 0.1) is 5.41 Å². The summed E-state index contributed by atoms with van der Waals surface area (Å²) in [5, 5.41) is 3.11. The van der Waals surface area contributed by atoms with Crippen molar-refractivity contribution in [2.75, 3.05) is 26.2 Å². The fourth-order valence-corrected chi connectivity index (χ4v) is 1.93. The summed E-state index contributed by atoms with van der Waals surface area (Å²) in [6, 6.07) is 0.298. The van der Waals surface area contributed by atoms with Crippen molar-refractivity contribution >= 4 is 30.7 Å². The summed E-state index contributed by atoms with van der Waals surface area (Å²) in [6.45, 7) is 9.53. The van der Waals surface area contributed by atoms with Crippen LogP contribution in [0.15, 0.2) is 0 Å². The third-order valence-corrected chi connectivity index (χ3v) is 3.41. The van der Waals surface area contributed by atoms with Crippen molar-refractivity contribution in [3.05, 3.63) is 0 Å². The lowest BCUT2D eigenvalue weighted by molar-refractivity contribution is -0.130. The average Bonchev–Trinajstić information content (AvgIpc) is 2.29. The first-order valence-corrected chi connectivity index (χ1v) is 6.23. The van der Waals surface area contributed by atoms with Crippen LogP contribution >= 0.6 is 24.8 Å². The number of likely N-dealkylation sites (tertiary alicyclic amines) is 1. The lowest BCUT2D eigenvalue weighted by Crippen LogP contribution is -2.52. The molecule has 1 rings (SSSR count). The topological polar surface area (TPSA) is 58.4 Å². The Bertz CT molecular complexity index is 249. The summed E-state index contributed by atoms with van der Waals surface area (Å²) < 4.78 is 0. The summed E-state index contributed by atoms with van der Waals surface area (Å²) in [4.78, 5) is 14.3. The zero-order chi connectivity index (χ0) is 12.2. The number of nitrogens with zero attached hydrogens (tertiary/aromatic N) is 1. The molecule has 1 fully saturated rings. The van der Waals surface area contributed by atoms with Gasteiger partial charge in [0.1, 0.15) is 0 Å². The number of nitrogens with one attached hydrogen (secondary N) is 1. The fourth-order valence-electron chi connectivity index (χ4n) is 1.93. The Balaban J connectivity index is 0. The van der Waals surface area contributed by atoms with E-state index in [4.69, 9.17) is 5.73 Å². The molecule has 3 N–H and O–H groups in total. The Kier molecular flexibility index (Phi) is 10.1. The minimum absolute atomic E-state index is 0. The number of piperidine rings is 1. The highest BCUT2D eigenvalue weighted by Gasteiger charge is 2.29. The number of rotatable bonds is 4. The Morgan fingerprint density at radius 3 is 2.56 bits per heavy atom. The van der Waals surface area contributed by atoms with Gasteiger partial charge in [-0.05, 0) is 39.8 Å². The zero-order valence-corrected chi connectivity index (χ0v) is 13.2. The second-order valence-corrected chi connectivity index (χ2v) is 5.29. The highest BCUT2D eigenvalue weighted by molar-refractivity contribution is 5.85. The van der Waals surface area contributed by atoms with Gasteiger partial charge in [-0.3, -0.25) is 4.79 Å². The molecule has 110 valence electrons. The van der Waals surface area contributed by atoms with Gasteiger partial charge in [0.2, 0.25) is 5.91 Å². The predicted octanol–water partition coefficient (Wildman–Crippen LogP) is 1.42. The number of carbonyl (C=O) groups excluding carboxylic acids is 1. The molecular weight excluding hydrogens is 273 g/mol.